The number of nitrogens with one attached hydrogen (secondary N) is 1. The van der Waals surface area contributed by atoms with Gasteiger partial charge in [-0.15, -0.1) is 0 Å². The summed E-state index contributed by atoms with van der Waals surface area (Å²) in [4.78, 5) is 26.4. The number of methoxy groups -OCH3 is 1. The highest BCUT2D eigenvalue weighted by molar-refractivity contribution is 6.32. The average molecular weight is 430 g/mol. The Morgan fingerprint density at radius 1 is 1.33 bits per heavy atom. The van der Waals surface area contributed by atoms with Gasteiger partial charge < -0.3 is 9.47 Å². The van der Waals surface area contributed by atoms with Gasteiger partial charge in [-0.3, -0.25) is 20.2 Å². The molecule has 1 aliphatic heterocycles. The van der Waals surface area contributed by atoms with Gasteiger partial charge in [-0.25, -0.2) is 4.68 Å². The molecule has 1 unspecified atom stereocenters. The van der Waals surface area contributed by atoms with E-state index in [0.717, 1.165) is 11.1 Å². The van der Waals surface area contributed by atoms with Crippen molar-refractivity contribution in [2.45, 2.75) is 19.1 Å². The maximum Gasteiger partial charge on any atom is 0.269 e. The number of nitro benzene ring substituents is 1. The number of nitrogens with zero attached hydrogens (tertiary/aromatic N) is 4. The Bertz CT molecular complexity index is 1120. The predicted octanol–water partition coefficient (Wildman–Crippen LogP) is 3.36. The van der Waals surface area contributed by atoms with Crippen molar-refractivity contribution in [3.8, 4) is 11.5 Å². The molecule has 1 N–H and O–H groups in total. The van der Waals surface area contributed by atoms with Gasteiger partial charge in [0.25, 0.3) is 5.69 Å². The van der Waals surface area contributed by atoms with Gasteiger partial charge in [-0.1, -0.05) is 11.6 Å². The van der Waals surface area contributed by atoms with Crippen LogP contribution >= 0.6 is 11.6 Å². The fourth-order valence-electron chi connectivity index (χ4n) is 3.21. The number of ether oxygens (including phenoxy) is 2. The summed E-state index contributed by atoms with van der Waals surface area (Å²) in [6.07, 6.45) is 1.55. The van der Waals surface area contributed by atoms with Gasteiger partial charge in [0.2, 0.25) is 11.9 Å². The van der Waals surface area contributed by atoms with Crippen LogP contribution in [0.4, 0.5) is 11.6 Å². The molecule has 0 spiro atoms. The molecule has 0 aliphatic carbocycles. The van der Waals surface area contributed by atoms with Crippen molar-refractivity contribution in [3.63, 3.8) is 0 Å². The van der Waals surface area contributed by atoms with Crippen molar-refractivity contribution in [1.29, 1.82) is 0 Å². The number of rotatable bonds is 6. The molecular formula is C19H16ClN5O5. The Balaban J connectivity index is 1.59. The SMILES string of the molecule is COc1cc(C2CC(=O)Nc3ncnn32)cc(Cl)c1OCc1ccc([N+](=O)[O-])cc1. The van der Waals surface area contributed by atoms with Crippen LogP contribution in [0.3, 0.4) is 0 Å². The first-order valence-electron chi connectivity index (χ1n) is 8.89. The molecule has 2 aromatic carbocycles. The second-order valence-electron chi connectivity index (χ2n) is 6.54. The van der Waals surface area contributed by atoms with E-state index in [1.54, 1.807) is 28.9 Å². The molecule has 0 fully saturated rings. The summed E-state index contributed by atoms with van der Waals surface area (Å²) in [6, 6.07) is 9.09. The van der Waals surface area contributed by atoms with E-state index in [4.69, 9.17) is 21.1 Å². The molecule has 11 heteroatoms. The molecule has 154 valence electrons. The normalized spacial score (nSPS) is 15.3. The van der Waals surface area contributed by atoms with Crippen LogP contribution < -0.4 is 14.8 Å². The van der Waals surface area contributed by atoms with Crippen LogP contribution in [0.1, 0.15) is 23.6 Å². The third-order valence-electron chi connectivity index (χ3n) is 4.67. The lowest BCUT2D eigenvalue weighted by Gasteiger charge is -2.24. The summed E-state index contributed by atoms with van der Waals surface area (Å²) in [5.74, 6) is 0.923. The monoisotopic (exact) mass is 429 g/mol. The minimum Gasteiger partial charge on any atom is -0.493 e. The predicted molar refractivity (Wildman–Crippen MR) is 107 cm³/mol. The molecule has 0 saturated heterocycles. The van der Waals surface area contributed by atoms with E-state index in [9.17, 15) is 14.9 Å². The van der Waals surface area contributed by atoms with E-state index >= 15 is 0 Å². The van der Waals surface area contributed by atoms with Crippen LogP contribution in [-0.4, -0.2) is 32.7 Å². The standard InChI is InChI=1S/C19H16ClN5O5/c1-29-16-7-12(15-8-17(26)23-19-21-10-22-24(15)19)6-14(20)18(16)30-9-11-2-4-13(5-3-11)25(27)28/h2-7,10,15H,8-9H2,1H3,(H,21,22,23,26). The Kier molecular flexibility index (Phi) is 5.23. The van der Waals surface area contributed by atoms with Crippen LogP contribution in [0, 0.1) is 10.1 Å². The zero-order valence-electron chi connectivity index (χ0n) is 15.7. The zero-order chi connectivity index (χ0) is 21.3. The number of halogens is 1. The number of non-ortho nitro benzene ring substituents is 1. The Morgan fingerprint density at radius 3 is 2.80 bits per heavy atom. The average Bonchev–Trinajstić information content (AvgIpc) is 3.20. The molecular weight excluding hydrogens is 414 g/mol. The van der Waals surface area contributed by atoms with Gasteiger partial charge in [0, 0.05) is 12.1 Å². The van der Waals surface area contributed by atoms with Crippen LogP contribution in [0.2, 0.25) is 5.02 Å². The van der Waals surface area contributed by atoms with Crippen LogP contribution in [0.15, 0.2) is 42.7 Å². The number of carbonyl (C=O) groups is 1. The summed E-state index contributed by atoms with van der Waals surface area (Å²) >= 11 is 6.46. The van der Waals surface area contributed by atoms with Crippen LogP contribution in [-0.2, 0) is 11.4 Å². The minimum atomic E-state index is -0.463. The van der Waals surface area contributed by atoms with Crippen LogP contribution in [0.25, 0.3) is 0 Å². The number of hydrogen-bond acceptors (Lipinski definition) is 7. The molecule has 3 aromatic rings. The molecule has 1 amide bonds. The number of carbonyl (C=O) groups excluding carboxylic acids is 1. The lowest BCUT2D eigenvalue weighted by Crippen LogP contribution is -2.29. The lowest BCUT2D eigenvalue weighted by molar-refractivity contribution is -0.384. The van der Waals surface area contributed by atoms with Crippen molar-refractivity contribution < 1.29 is 19.2 Å². The first-order valence-corrected chi connectivity index (χ1v) is 9.27. The molecule has 4 rings (SSSR count). The van der Waals surface area contributed by atoms with Crippen molar-refractivity contribution in [3.05, 3.63) is 69.0 Å². The van der Waals surface area contributed by atoms with E-state index < -0.39 is 4.92 Å². The first kappa shape index (κ1) is 19.6. The number of aromatic nitrogens is 3. The highest BCUT2D eigenvalue weighted by Gasteiger charge is 2.29. The highest BCUT2D eigenvalue weighted by atomic mass is 35.5. The Hall–Kier alpha value is -3.66. The number of hydrogen-bond donors (Lipinski definition) is 1. The number of nitro groups is 1. The maximum absolute atomic E-state index is 12.0. The number of anilines is 1. The minimum absolute atomic E-state index is 0.00251. The van der Waals surface area contributed by atoms with E-state index in [1.807, 2.05) is 0 Å². The number of benzene rings is 2. The quantitative estimate of drug-likeness (QED) is 0.471. The van der Waals surface area contributed by atoms with Crippen molar-refractivity contribution in [2.24, 2.45) is 0 Å². The molecule has 2 heterocycles. The topological polar surface area (TPSA) is 121 Å². The van der Waals surface area contributed by atoms with Crippen LogP contribution in [0.5, 0.6) is 11.5 Å². The molecule has 0 bridgehead atoms. The number of amides is 1. The second kappa shape index (κ2) is 7.99. The van der Waals surface area contributed by atoms with Gasteiger partial charge in [-0.2, -0.15) is 10.1 Å². The Morgan fingerprint density at radius 2 is 2.10 bits per heavy atom. The second-order valence-corrected chi connectivity index (χ2v) is 6.95. The van der Waals surface area contributed by atoms with Gasteiger partial charge in [-0.05, 0) is 35.4 Å². The van der Waals surface area contributed by atoms with Gasteiger partial charge in [0.05, 0.1) is 29.5 Å². The zero-order valence-corrected chi connectivity index (χ0v) is 16.5. The summed E-state index contributed by atoms with van der Waals surface area (Å²) in [6.45, 7) is 0.145. The summed E-state index contributed by atoms with van der Waals surface area (Å²) < 4.78 is 12.9. The number of fused-ring (bicyclic) bond motifs is 1. The highest BCUT2D eigenvalue weighted by Crippen LogP contribution is 2.40. The fourth-order valence-corrected chi connectivity index (χ4v) is 3.48. The molecule has 10 nitrogen and oxygen atoms in total. The molecule has 0 saturated carbocycles. The lowest BCUT2D eigenvalue weighted by atomic mass is 10.0. The van der Waals surface area contributed by atoms with Gasteiger partial charge in [0.1, 0.15) is 12.9 Å². The maximum atomic E-state index is 12.0. The molecule has 1 aromatic heterocycles. The third-order valence-corrected chi connectivity index (χ3v) is 4.95. The van der Waals surface area contributed by atoms with Crippen molar-refractivity contribution in [1.82, 2.24) is 14.8 Å². The summed E-state index contributed by atoms with van der Waals surface area (Å²) in [5.41, 5.74) is 1.46. The van der Waals surface area contributed by atoms with Gasteiger partial charge in [0.15, 0.2) is 11.5 Å². The fraction of sp³-hybridized carbons (Fsp3) is 0.211. The van der Waals surface area contributed by atoms with Crippen molar-refractivity contribution in [2.75, 3.05) is 12.4 Å². The molecule has 30 heavy (non-hydrogen) atoms. The summed E-state index contributed by atoms with van der Waals surface area (Å²) in [7, 11) is 1.49. The Labute approximate surface area is 175 Å². The first-order chi connectivity index (χ1) is 14.5. The van der Waals surface area contributed by atoms with E-state index in [0.29, 0.717) is 22.5 Å². The molecule has 1 atom stereocenters. The molecule has 0 radical (unpaired) electrons. The van der Waals surface area contributed by atoms with E-state index in [-0.39, 0.29) is 30.7 Å². The largest absolute Gasteiger partial charge is 0.493 e. The van der Waals surface area contributed by atoms with E-state index in [2.05, 4.69) is 15.4 Å². The smallest absolute Gasteiger partial charge is 0.269 e. The van der Waals surface area contributed by atoms with E-state index in [1.165, 1.54) is 25.6 Å². The summed E-state index contributed by atoms with van der Waals surface area (Å²) in [5, 5.41) is 17.9. The van der Waals surface area contributed by atoms with Crippen molar-refractivity contribution >= 4 is 29.1 Å². The third kappa shape index (κ3) is 3.77. The molecule has 1 aliphatic rings. The van der Waals surface area contributed by atoms with Gasteiger partial charge >= 0.3 is 0 Å².